The van der Waals surface area contributed by atoms with E-state index in [1.165, 1.54) is 11.0 Å². The number of aryl methyl sites for hydroxylation is 1. The highest BCUT2D eigenvalue weighted by molar-refractivity contribution is 5.92. The van der Waals surface area contributed by atoms with Crippen LogP contribution in [0.1, 0.15) is 29.6 Å². The molecule has 9 heteroatoms. The summed E-state index contributed by atoms with van der Waals surface area (Å²) in [6.07, 6.45) is -2.98. The number of nitrogens with one attached hydrogen (secondary N) is 1. The maximum atomic E-state index is 13.2. The molecular weight excluding hydrogens is 315 g/mol. The van der Waals surface area contributed by atoms with Crippen molar-refractivity contribution in [3.63, 3.8) is 0 Å². The van der Waals surface area contributed by atoms with Crippen molar-refractivity contribution in [3.05, 3.63) is 17.5 Å². The van der Waals surface area contributed by atoms with Crippen molar-refractivity contribution in [2.24, 2.45) is 0 Å². The second-order valence-corrected chi connectivity index (χ2v) is 5.34. The number of hydrogen-bond acceptors (Lipinski definition) is 5. The first kappa shape index (κ1) is 17.7. The van der Waals surface area contributed by atoms with Gasteiger partial charge in [-0.2, -0.15) is 13.2 Å². The lowest BCUT2D eigenvalue weighted by atomic mass is 10.2. The fraction of sp³-hybridized carbons (Fsp3) is 0.714. The first-order chi connectivity index (χ1) is 10.9. The Balaban J connectivity index is 1.95. The van der Waals surface area contributed by atoms with E-state index in [2.05, 4.69) is 10.5 Å². The summed E-state index contributed by atoms with van der Waals surface area (Å²) >= 11 is 0. The number of carbonyl (C=O) groups is 1. The predicted molar refractivity (Wildman–Crippen MR) is 75.1 cm³/mol. The Kier molecular flexibility index (Phi) is 6.00. The van der Waals surface area contributed by atoms with Gasteiger partial charge in [0.1, 0.15) is 11.8 Å². The summed E-state index contributed by atoms with van der Waals surface area (Å²) in [5.74, 6) is -0.128. The molecule has 2 rings (SSSR count). The van der Waals surface area contributed by atoms with Crippen LogP contribution in [0.25, 0.3) is 0 Å². The Morgan fingerprint density at radius 3 is 2.74 bits per heavy atom. The van der Waals surface area contributed by atoms with Gasteiger partial charge in [0.05, 0.1) is 13.2 Å². The van der Waals surface area contributed by atoms with Gasteiger partial charge in [-0.25, -0.2) is 0 Å². The summed E-state index contributed by atoms with van der Waals surface area (Å²) in [5.41, 5.74) is -0.00338. The average Bonchev–Trinajstić information content (AvgIpc) is 2.96. The molecule has 1 aromatic rings. The minimum Gasteiger partial charge on any atom is -0.379 e. The largest absolute Gasteiger partial charge is 0.405 e. The molecule has 0 aliphatic carbocycles. The van der Waals surface area contributed by atoms with Gasteiger partial charge in [-0.1, -0.05) is 12.1 Å². The molecule has 130 valence electrons. The Labute approximate surface area is 131 Å². The number of morpholine rings is 1. The van der Waals surface area contributed by atoms with Crippen LogP contribution < -0.4 is 5.32 Å². The molecule has 0 aromatic carbocycles. The molecule has 1 aliphatic heterocycles. The maximum absolute atomic E-state index is 13.2. The van der Waals surface area contributed by atoms with E-state index in [0.29, 0.717) is 12.2 Å². The summed E-state index contributed by atoms with van der Waals surface area (Å²) in [5, 5.41) is 5.88. The zero-order valence-electron chi connectivity index (χ0n) is 12.9. The molecular formula is C14H20F3N3O3. The SMILES string of the molecule is CCCc1cc(C(=O)NCC(N2CCOCC2)C(F)(F)F)no1. The van der Waals surface area contributed by atoms with Crippen molar-refractivity contribution >= 4 is 5.91 Å². The minimum absolute atomic E-state index is 0.00338. The van der Waals surface area contributed by atoms with Gasteiger partial charge < -0.3 is 14.6 Å². The Morgan fingerprint density at radius 1 is 1.43 bits per heavy atom. The normalized spacial score (nSPS) is 17.9. The first-order valence-corrected chi connectivity index (χ1v) is 7.54. The summed E-state index contributed by atoms with van der Waals surface area (Å²) in [6.45, 7) is 2.29. The number of hydrogen-bond donors (Lipinski definition) is 1. The number of alkyl halides is 3. The lowest BCUT2D eigenvalue weighted by Gasteiger charge is -2.35. The first-order valence-electron chi connectivity index (χ1n) is 7.54. The molecule has 0 saturated carbocycles. The fourth-order valence-corrected chi connectivity index (χ4v) is 2.41. The van der Waals surface area contributed by atoms with Gasteiger partial charge in [-0.3, -0.25) is 9.69 Å². The lowest BCUT2D eigenvalue weighted by molar-refractivity contribution is -0.189. The maximum Gasteiger partial charge on any atom is 0.405 e. The molecule has 1 N–H and O–H groups in total. The molecule has 1 saturated heterocycles. The third-order valence-electron chi connectivity index (χ3n) is 3.61. The third-order valence-corrected chi connectivity index (χ3v) is 3.61. The van der Waals surface area contributed by atoms with Crippen LogP contribution in [0.15, 0.2) is 10.6 Å². The number of nitrogens with zero attached hydrogens (tertiary/aromatic N) is 2. The van der Waals surface area contributed by atoms with E-state index in [4.69, 9.17) is 9.26 Å². The van der Waals surface area contributed by atoms with E-state index < -0.39 is 24.7 Å². The van der Waals surface area contributed by atoms with Gasteiger partial charge in [0.15, 0.2) is 5.69 Å². The van der Waals surface area contributed by atoms with Crippen LogP contribution in [-0.2, 0) is 11.2 Å². The topological polar surface area (TPSA) is 67.6 Å². The molecule has 1 aromatic heterocycles. The van der Waals surface area contributed by atoms with E-state index in [9.17, 15) is 18.0 Å². The Hall–Kier alpha value is -1.61. The number of halogens is 3. The van der Waals surface area contributed by atoms with Crippen LogP contribution in [0.3, 0.4) is 0 Å². The zero-order chi connectivity index (χ0) is 16.9. The standard InChI is InChI=1S/C14H20F3N3O3/c1-2-3-10-8-11(19-23-10)13(21)18-9-12(14(15,16)17)20-4-6-22-7-5-20/h8,12H,2-7,9H2,1H3,(H,18,21). The smallest absolute Gasteiger partial charge is 0.379 e. The van der Waals surface area contributed by atoms with Crippen molar-refractivity contribution in [1.82, 2.24) is 15.4 Å². The van der Waals surface area contributed by atoms with Gasteiger partial charge in [-0.15, -0.1) is 0 Å². The number of ether oxygens (including phenoxy) is 1. The van der Waals surface area contributed by atoms with E-state index in [-0.39, 0.29) is 32.0 Å². The third kappa shape index (κ3) is 4.93. The summed E-state index contributed by atoms with van der Waals surface area (Å²) < 4.78 is 49.6. The molecule has 6 nitrogen and oxygen atoms in total. The van der Waals surface area contributed by atoms with Crippen molar-refractivity contribution in [1.29, 1.82) is 0 Å². The van der Waals surface area contributed by atoms with E-state index in [1.54, 1.807) is 0 Å². The lowest BCUT2D eigenvalue weighted by Crippen LogP contribution is -2.55. The highest BCUT2D eigenvalue weighted by Crippen LogP contribution is 2.25. The van der Waals surface area contributed by atoms with Crippen molar-refractivity contribution in [3.8, 4) is 0 Å². The second-order valence-electron chi connectivity index (χ2n) is 5.34. The van der Waals surface area contributed by atoms with Crippen molar-refractivity contribution in [2.75, 3.05) is 32.8 Å². The van der Waals surface area contributed by atoms with E-state index in [1.807, 2.05) is 6.92 Å². The highest BCUT2D eigenvalue weighted by atomic mass is 19.4. The monoisotopic (exact) mass is 335 g/mol. The molecule has 1 aliphatic rings. The van der Waals surface area contributed by atoms with Crippen LogP contribution in [0.2, 0.25) is 0 Å². The van der Waals surface area contributed by atoms with E-state index in [0.717, 1.165) is 6.42 Å². The number of amides is 1. The molecule has 1 amide bonds. The van der Waals surface area contributed by atoms with Crippen LogP contribution in [0, 0.1) is 0 Å². The van der Waals surface area contributed by atoms with Gasteiger partial charge in [-0.05, 0) is 6.42 Å². The second kappa shape index (κ2) is 7.78. The van der Waals surface area contributed by atoms with Gasteiger partial charge in [0, 0.05) is 32.1 Å². The van der Waals surface area contributed by atoms with E-state index >= 15 is 0 Å². The summed E-state index contributed by atoms with van der Waals surface area (Å²) in [4.78, 5) is 13.2. The average molecular weight is 335 g/mol. The van der Waals surface area contributed by atoms with Gasteiger partial charge in [0.2, 0.25) is 0 Å². The van der Waals surface area contributed by atoms with Crippen LogP contribution in [0.4, 0.5) is 13.2 Å². The van der Waals surface area contributed by atoms with Gasteiger partial charge in [0.25, 0.3) is 5.91 Å². The number of rotatable bonds is 6. The summed E-state index contributed by atoms with van der Waals surface area (Å²) in [7, 11) is 0. The molecule has 0 spiro atoms. The zero-order valence-corrected chi connectivity index (χ0v) is 12.9. The molecule has 1 fully saturated rings. The van der Waals surface area contributed by atoms with Crippen LogP contribution in [0.5, 0.6) is 0 Å². The minimum atomic E-state index is -4.43. The molecule has 1 atom stereocenters. The fourth-order valence-electron chi connectivity index (χ4n) is 2.41. The van der Waals surface area contributed by atoms with Crippen LogP contribution >= 0.6 is 0 Å². The highest BCUT2D eigenvalue weighted by Gasteiger charge is 2.44. The Bertz CT molecular complexity index is 513. The molecule has 1 unspecified atom stereocenters. The van der Waals surface area contributed by atoms with Crippen molar-refractivity contribution in [2.45, 2.75) is 32.0 Å². The Morgan fingerprint density at radius 2 is 2.13 bits per heavy atom. The quantitative estimate of drug-likeness (QED) is 0.856. The molecule has 0 bridgehead atoms. The van der Waals surface area contributed by atoms with Gasteiger partial charge >= 0.3 is 6.18 Å². The summed E-state index contributed by atoms with van der Waals surface area (Å²) in [6, 6.07) is -0.284. The molecule has 2 heterocycles. The van der Waals surface area contributed by atoms with Crippen molar-refractivity contribution < 1.29 is 27.2 Å². The van der Waals surface area contributed by atoms with Crippen LogP contribution in [-0.4, -0.2) is 61.0 Å². The number of aromatic nitrogens is 1. The predicted octanol–water partition coefficient (Wildman–Crippen LogP) is 1.62. The molecule has 23 heavy (non-hydrogen) atoms. The number of carbonyl (C=O) groups excluding carboxylic acids is 1. The molecule has 0 radical (unpaired) electrons.